The Morgan fingerprint density at radius 1 is 1.37 bits per heavy atom. The molecule has 0 spiro atoms. The van der Waals surface area contributed by atoms with Crippen molar-refractivity contribution in [3.8, 4) is 0 Å². The van der Waals surface area contributed by atoms with Crippen molar-refractivity contribution in [2.24, 2.45) is 5.73 Å². The minimum absolute atomic E-state index is 0.124. The summed E-state index contributed by atoms with van der Waals surface area (Å²) in [5, 5.41) is 3.65. The second-order valence-electron chi connectivity index (χ2n) is 4.30. The summed E-state index contributed by atoms with van der Waals surface area (Å²) in [6, 6.07) is 4.54. The lowest BCUT2D eigenvalue weighted by atomic mass is 10.2. The largest absolute Gasteiger partial charge is 0.360 e. The smallest absolute Gasteiger partial charge is 0.185 e. The van der Waals surface area contributed by atoms with Gasteiger partial charge in [-0.1, -0.05) is 11.2 Å². The fourth-order valence-electron chi connectivity index (χ4n) is 1.92. The second kappa shape index (κ2) is 5.10. The molecular formula is C12H15N3O3S. The van der Waals surface area contributed by atoms with Crippen LogP contribution in [0.5, 0.6) is 0 Å². The lowest BCUT2D eigenvalue weighted by molar-refractivity contribution is 0.390. The molecule has 0 bridgehead atoms. The van der Waals surface area contributed by atoms with Gasteiger partial charge in [0.15, 0.2) is 15.6 Å². The molecule has 0 aliphatic carbocycles. The highest BCUT2D eigenvalue weighted by molar-refractivity contribution is 7.91. The van der Waals surface area contributed by atoms with Crippen molar-refractivity contribution >= 4 is 9.84 Å². The van der Waals surface area contributed by atoms with Crippen LogP contribution in [0, 0.1) is 13.8 Å². The van der Waals surface area contributed by atoms with Gasteiger partial charge in [0.05, 0.1) is 23.2 Å². The Balaban J connectivity index is 2.28. The van der Waals surface area contributed by atoms with E-state index in [0.29, 0.717) is 11.4 Å². The van der Waals surface area contributed by atoms with Gasteiger partial charge in [0.2, 0.25) is 0 Å². The second-order valence-corrected chi connectivity index (χ2v) is 6.27. The summed E-state index contributed by atoms with van der Waals surface area (Å²) in [6.07, 6.45) is 1.58. The van der Waals surface area contributed by atoms with Gasteiger partial charge in [0.25, 0.3) is 0 Å². The van der Waals surface area contributed by atoms with Crippen LogP contribution in [0.1, 0.15) is 23.2 Å². The lowest BCUT2D eigenvalue weighted by Crippen LogP contribution is -2.23. The van der Waals surface area contributed by atoms with Crippen LogP contribution in [0.2, 0.25) is 0 Å². The number of nitrogens with two attached hydrogens (primary N) is 1. The summed E-state index contributed by atoms with van der Waals surface area (Å²) in [6.45, 7) is 3.16. The molecule has 0 fully saturated rings. The van der Waals surface area contributed by atoms with Gasteiger partial charge in [-0.05, 0) is 26.0 Å². The topological polar surface area (TPSA) is 99.1 Å². The van der Waals surface area contributed by atoms with Crippen molar-refractivity contribution in [3.63, 3.8) is 0 Å². The zero-order valence-electron chi connectivity index (χ0n) is 10.7. The number of aromatic nitrogens is 2. The maximum absolute atomic E-state index is 12.3. The van der Waals surface area contributed by atoms with Gasteiger partial charge in [-0.15, -0.1) is 0 Å². The third-order valence-electron chi connectivity index (χ3n) is 2.75. The normalized spacial score (nSPS) is 13.4. The molecule has 2 heterocycles. The fourth-order valence-corrected chi connectivity index (χ4v) is 3.69. The van der Waals surface area contributed by atoms with Crippen molar-refractivity contribution in [3.05, 3.63) is 41.5 Å². The van der Waals surface area contributed by atoms with E-state index in [1.54, 1.807) is 38.2 Å². The number of sulfone groups is 1. The van der Waals surface area contributed by atoms with Crippen LogP contribution >= 0.6 is 0 Å². The molecule has 0 aliphatic heterocycles. The van der Waals surface area contributed by atoms with Crippen molar-refractivity contribution in [2.75, 3.05) is 5.75 Å². The molecule has 2 rings (SSSR count). The van der Waals surface area contributed by atoms with Gasteiger partial charge >= 0.3 is 0 Å². The Morgan fingerprint density at radius 3 is 2.63 bits per heavy atom. The molecule has 19 heavy (non-hydrogen) atoms. The number of aryl methyl sites for hydroxylation is 2. The standard InChI is InChI=1S/C12H15N3O3S/c1-8-12(9(2)18-15-8)19(16,17)7-10(13)11-5-3-4-6-14-11/h3-6,10H,7,13H2,1-2H3. The monoisotopic (exact) mass is 281 g/mol. The Bertz CT molecular complexity index is 645. The summed E-state index contributed by atoms with van der Waals surface area (Å²) >= 11 is 0. The summed E-state index contributed by atoms with van der Waals surface area (Å²) in [5.74, 6) is 0.0538. The molecule has 2 aromatic rings. The van der Waals surface area contributed by atoms with Crippen molar-refractivity contribution in [1.82, 2.24) is 10.1 Å². The van der Waals surface area contributed by atoms with E-state index >= 15 is 0 Å². The van der Waals surface area contributed by atoms with Crippen LogP contribution < -0.4 is 5.73 Å². The first kappa shape index (κ1) is 13.7. The van der Waals surface area contributed by atoms with Gasteiger partial charge < -0.3 is 10.3 Å². The summed E-state index contributed by atoms with van der Waals surface area (Å²) in [7, 11) is -3.55. The molecule has 0 saturated heterocycles. The SMILES string of the molecule is Cc1noc(C)c1S(=O)(=O)CC(N)c1ccccn1. The molecular weight excluding hydrogens is 266 g/mol. The molecule has 102 valence electrons. The van der Waals surface area contributed by atoms with Gasteiger partial charge in [0.1, 0.15) is 4.90 Å². The predicted octanol–water partition coefficient (Wildman–Crippen LogP) is 1.16. The Hall–Kier alpha value is -1.73. The highest BCUT2D eigenvalue weighted by Gasteiger charge is 2.27. The van der Waals surface area contributed by atoms with Gasteiger partial charge in [0, 0.05) is 6.20 Å². The minimum Gasteiger partial charge on any atom is -0.360 e. The molecule has 0 aromatic carbocycles. The lowest BCUT2D eigenvalue weighted by Gasteiger charge is -2.11. The van der Waals surface area contributed by atoms with E-state index in [1.807, 2.05) is 0 Å². The van der Waals surface area contributed by atoms with Crippen LogP contribution in [0.4, 0.5) is 0 Å². The van der Waals surface area contributed by atoms with E-state index < -0.39 is 15.9 Å². The summed E-state index contributed by atoms with van der Waals surface area (Å²) < 4.78 is 29.5. The average Bonchev–Trinajstić information content (AvgIpc) is 2.70. The third kappa shape index (κ3) is 2.82. The number of hydrogen-bond donors (Lipinski definition) is 1. The van der Waals surface area contributed by atoms with E-state index in [1.165, 1.54) is 0 Å². The number of nitrogens with zero attached hydrogens (tertiary/aromatic N) is 2. The average molecular weight is 281 g/mol. The molecule has 6 nitrogen and oxygen atoms in total. The predicted molar refractivity (Wildman–Crippen MR) is 69.2 cm³/mol. The third-order valence-corrected chi connectivity index (χ3v) is 4.75. The fraction of sp³-hybridized carbons (Fsp3) is 0.333. The molecule has 2 N–H and O–H groups in total. The first-order valence-electron chi connectivity index (χ1n) is 5.74. The van der Waals surface area contributed by atoms with Gasteiger partial charge in [-0.3, -0.25) is 4.98 Å². The van der Waals surface area contributed by atoms with E-state index in [-0.39, 0.29) is 16.4 Å². The number of hydrogen-bond acceptors (Lipinski definition) is 6. The zero-order valence-corrected chi connectivity index (χ0v) is 11.5. The highest BCUT2D eigenvalue weighted by Crippen LogP contribution is 2.23. The maximum atomic E-state index is 12.3. The molecule has 0 amide bonds. The van der Waals surface area contributed by atoms with Crippen molar-refractivity contribution in [2.45, 2.75) is 24.8 Å². The Kier molecular flexibility index (Phi) is 3.68. The molecule has 7 heteroatoms. The van der Waals surface area contributed by atoms with E-state index in [2.05, 4.69) is 10.1 Å². The van der Waals surface area contributed by atoms with Crippen molar-refractivity contribution < 1.29 is 12.9 Å². The summed E-state index contributed by atoms with van der Waals surface area (Å²) in [5.41, 5.74) is 6.79. The Morgan fingerprint density at radius 2 is 2.11 bits per heavy atom. The van der Waals surface area contributed by atoms with Gasteiger partial charge in [-0.25, -0.2) is 8.42 Å². The van der Waals surface area contributed by atoms with Crippen LogP contribution in [-0.4, -0.2) is 24.3 Å². The van der Waals surface area contributed by atoms with Crippen LogP contribution in [0.3, 0.4) is 0 Å². The van der Waals surface area contributed by atoms with Gasteiger partial charge in [-0.2, -0.15) is 0 Å². The number of pyridine rings is 1. The van der Waals surface area contributed by atoms with E-state index in [4.69, 9.17) is 10.3 Å². The molecule has 2 aromatic heterocycles. The molecule has 1 unspecified atom stereocenters. The van der Waals surface area contributed by atoms with Crippen LogP contribution in [0.15, 0.2) is 33.8 Å². The minimum atomic E-state index is -3.55. The quantitative estimate of drug-likeness (QED) is 0.902. The van der Waals surface area contributed by atoms with Crippen molar-refractivity contribution in [1.29, 1.82) is 0 Å². The molecule has 0 radical (unpaired) electrons. The highest BCUT2D eigenvalue weighted by atomic mass is 32.2. The first-order chi connectivity index (χ1) is 8.92. The van der Waals surface area contributed by atoms with E-state index in [9.17, 15) is 8.42 Å². The molecule has 0 aliphatic rings. The molecule has 1 atom stereocenters. The zero-order chi connectivity index (χ0) is 14.0. The Labute approximate surface area is 111 Å². The number of rotatable bonds is 4. The van der Waals surface area contributed by atoms with Crippen LogP contribution in [-0.2, 0) is 9.84 Å². The van der Waals surface area contributed by atoms with E-state index in [0.717, 1.165) is 0 Å². The molecule has 0 saturated carbocycles. The summed E-state index contributed by atoms with van der Waals surface area (Å²) in [4.78, 5) is 4.18. The first-order valence-corrected chi connectivity index (χ1v) is 7.39. The van der Waals surface area contributed by atoms with Crippen LogP contribution in [0.25, 0.3) is 0 Å². The maximum Gasteiger partial charge on any atom is 0.185 e.